The minimum Gasteiger partial charge on any atom is -0.383 e. The van der Waals surface area contributed by atoms with Crippen molar-refractivity contribution in [3.63, 3.8) is 0 Å². The molecule has 2 aromatic rings. The molecule has 9 nitrogen and oxygen atoms in total. The fourth-order valence-electron chi connectivity index (χ4n) is 3.17. The molecule has 1 aliphatic carbocycles. The number of benzene rings is 1. The average molecular weight is 493 g/mol. The second kappa shape index (κ2) is 9.35. The third-order valence-corrected chi connectivity index (χ3v) is 6.84. The van der Waals surface area contributed by atoms with Crippen LogP contribution in [0.5, 0.6) is 0 Å². The molecule has 0 saturated heterocycles. The van der Waals surface area contributed by atoms with Crippen molar-refractivity contribution >= 4 is 32.6 Å². The van der Waals surface area contributed by atoms with Gasteiger partial charge < -0.3 is 4.74 Å². The van der Waals surface area contributed by atoms with Gasteiger partial charge in [-0.25, -0.2) is 40.1 Å². The van der Waals surface area contributed by atoms with Gasteiger partial charge in [0.2, 0.25) is 10.0 Å². The highest BCUT2D eigenvalue weighted by molar-refractivity contribution is 7.89. The van der Waals surface area contributed by atoms with E-state index in [1.165, 1.54) is 14.0 Å². The van der Waals surface area contributed by atoms with Gasteiger partial charge >= 0.3 is 5.69 Å². The predicted octanol–water partition coefficient (Wildman–Crippen LogP) is 2.28. The monoisotopic (exact) mass is 493 g/mol. The average Bonchev–Trinajstić information content (AvgIpc) is 3.46. The van der Waals surface area contributed by atoms with Gasteiger partial charge in [0.1, 0.15) is 28.9 Å². The van der Waals surface area contributed by atoms with Crippen molar-refractivity contribution in [2.45, 2.75) is 50.1 Å². The van der Waals surface area contributed by atoms with Crippen LogP contribution in [0.15, 0.2) is 32.0 Å². The van der Waals surface area contributed by atoms with E-state index in [2.05, 4.69) is 14.9 Å². The molecule has 1 heterocycles. The number of fused-ring (bicyclic) bond motifs is 1. The third kappa shape index (κ3) is 5.01. The zero-order valence-corrected chi connectivity index (χ0v) is 18.9. The lowest BCUT2D eigenvalue weighted by Crippen LogP contribution is -2.38. The first-order chi connectivity index (χ1) is 15.5. The van der Waals surface area contributed by atoms with Crippen LogP contribution >= 0.6 is 0 Å². The lowest BCUT2D eigenvalue weighted by atomic mass is 10.3. The SMILES string of the molecule is COCCn1c(=O)n(/C(C)=N/N=C(\C)C(F)F)c2cc(S(=O)(=O)NC3(CF)CC3)c(F)cc21. The number of ether oxygens (including phenoxy) is 1. The fraction of sp³-hybridized carbons (Fsp3) is 0.526. The normalized spacial score (nSPS) is 16.7. The summed E-state index contributed by atoms with van der Waals surface area (Å²) >= 11 is 0. The maximum absolute atomic E-state index is 14.9. The Morgan fingerprint density at radius 3 is 2.45 bits per heavy atom. The Morgan fingerprint density at radius 1 is 1.24 bits per heavy atom. The van der Waals surface area contributed by atoms with E-state index >= 15 is 0 Å². The first-order valence-electron chi connectivity index (χ1n) is 9.87. The van der Waals surface area contributed by atoms with Gasteiger partial charge in [0.05, 0.1) is 29.7 Å². The summed E-state index contributed by atoms with van der Waals surface area (Å²) in [6, 6.07) is 1.79. The van der Waals surface area contributed by atoms with Crippen LogP contribution in [-0.2, 0) is 21.3 Å². The van der Waals surface area contributed by atoms with E-state index < -0.39 is 50.8 Å². The Labute approximate surface area is 186 Å². The molecule has 0 amide bonds. The topological polar surface area (TPSA) is 107 Å². The molecular weight excluding hydrogens is 470 g/mol. The number of sulfonamides is 1. The number of methoxy groups -OCH3 is 1. The summed E-state index contributed by atoms with van der Waals surface area (Å²) in [6.07, 6.45) is -2.31. The molecule has 0 unspecified atom stereocenters. The highest BCUT2D eigenvalue weighted by Gasteiger charge is 2.47. The quantitative estimate of drug-likeness (QED) is 0.250. The standard InChI is InChI=1S/C19H23F4N5O4S/c1-11(17(22)23)24-25-12(2)28-15-9-16(33(30,31)26-19(10-20)4-5-19)13(21)8-14(15)27(18(28)29)6-7-32-3/h8-9,17,26H,4-7,10H2,1-3H3/b24-11+,25-12+. The highest BCUT2D eigenvalue weighted by atomic mass is 32.2. The lowest BCUT2D eigenvalue weighted by Gasteiger charge is -2.14. The number of imidazole rings is 1. The van der Waals surface area contributed by atoms with Crippen molar-refractivity contribution in [2.24, 2.45) is 10.2 Å². The van der Waals surface area contributed by atoms with E-state index in [0.29, 0.717) is 0 Å². The summed E-state index contributed by atoms with van der Waals surface area (Å²) in [5.41, 5.74) is -2.59. The van der Waals surface area contributed by atoms with E-state index in [4.69, 9.17) is 4.74 Å². The van der Waals surface area contributed by atoms with Crippen molar-refractivity contribution in [1.82, 2.24) is 13.9 Å². The Hall–Kier alpha value is -2.58. The number of nitrogens with one attached hydrogen (secondary N) is 1. The minimum absolute atomic E-state index is 0.000191. The van der Waals surface area contributed by atoms with Crippen LogP contribution in [0, 0.1) is 5.82 Å². The van der Waals surface area contributed by atoms with E-state index in [1.54, 1.807) is 0 Å². The van der Waals surface area contributed by atoms with Crippen LogP contribution in [0.2, 0.25) is 0 Å². The first kappa shape index (κ1) is 25.1. The molecule has 1 aromatic carbocycles. The number of halogens is 4. The minimum atomic E-state index is -4.47. The van der Waals surface area contributed by atoms with Gasteiger partial charge in [0.15, 0.2) is 0 Å². The van der Waals surface area contributed by atoms with Crippen LogP contribution in [0.1, 0.15) is 26.7 Å². The molecular formula is C19H23F4N5O4S. The molecule has 0 aliphatic heterocycles. The van der Waals surface area contributed by atoms with Crippen molar-refractivity contribution < 1.29 is 30.7 Å². The van der Waals surface area contributed by atoms with E-state index in [0.717, 1.165) is 28.2 Å². The zero-order valence-electron chi connectivity index (χ0n) is 18.1. The number of alkyl halides is 3. The van der Waals surface area contributed by atoms with Gasteiger partial charge in [-0.15, -0.1) is 5.10 Å². The summed E-state index contributed by atoms with van der Waals surface area (Å²) < 4.78 is 88.4. The Bertz CT molecular complexity index is 1280. The number of hydrogen-bond acceptors (Lipinski definition) is 6. The van der Waals surface area contributed by atoms with Crippen LogP contribution < -0.4 is 10.4 Å². The molecule has 0 radical (unpaired) electrons. The summed E-state index contributed by atoms with van der Waals surface area (Å²) in [4.78, 5) is 12.2. The van der Waals surface area contributed by atoms with Crippen LogP contribution in [-0.4, -0.2) is 61.5 Å². The van der Waals surface area contributed by atoms with Gasteiger partial charge in [-0.05, 0) is 32.8 Å². The molecule has 0 atom stereocenters. The molecule has 1 aromatic heterocycles. The Morgan fingerprint density at radius 2 is 1.91 bits per heavy atom. The zero-order chi connectivity index (χ0) is 24.6. The van der Waals surface area contributed by atoms with Crippen molar-refractivity contribution in [3.05, 3.63) is 28.4 Å². The number of hydrogen-bond donors (Lipinski definition) is 1. The molecule has 33 heavy (non-hydrogen) atoms. The molecule has 1 fully saturated rings. The molecule has 14 heteroatoms. The molecule has 1 aliphatic rings. The van der Waals surface area contributed by atoms with Crippen molar-refractivity contribution in [3.8, 4) is 0 Å². The molecule has 3 rings (SSSR count). The van der Waals surface area contributed by atoms with Crippen LogP contribution in [0.3, 0.4) is 0 Å². The summed E-state index contributed by atoms with van der Waals surface area (Å²) in [5.74, 6) is -1.29. The van der Waals surface area contributed by atoms with Gasteiger partial charge in [-0.3, -0.25) is 4.57 Å². The van der Waals surface area contributed by atoms with E-state index in [9.17, 15) is 30.8 Å². The maximum atomic E-state index is 14.9. The Kier molecular flexibility index (Phi) is 7.10. The predicted molar refractivity (Wildman–Crippen MR) is 114 cm³/mol. The summed E-state index contributed by atoms with van der Waals surface area (Å²) in [6.45, 7) is 1.50. The molecule has 1 N–H and O–H groups in total. The molecule has 1 saturated carbocycles. The number of aromatic nitrogens is 2. The lowest BCUT2D eigenvalue weighted by molar-refractivity contribution is 0.187. The smallest absolute Gasteiger partial charge is 0.334 e. The fourth-order valence-corrected chi connectivity index (χ4v) is 4.69. The van der Waals surface area contributed by atoms with Gasteiger partial charge in [0, 0.05) is 13.2 Å². The van der Waals surface area contributed by atoms with Crippen LogP contribution in [0.25, 0.3) is 11.0 Å². The van der Waals surface area contributed by atoms with Crippen LogP contribution in [0.4, 0.5) is 17.6 Å². The second-order valence-corrected chi connectivity index (χ2v) is 9.39. The highest BCUT2D eigenvalue weighted by Crippen LogP contribution is 2.37. The van der Waals surface area contributed by atoms with Crippen molar-refractivity contribution in [1.29, 1.82) is 0 Å². The van der Waals surface area contributed by atoms with Gasteiger partial charge in [-0.2, -0.15) is 5.10 Å². The summed E-state index contributed by atoms with van der Waals surface area (Å²) in [5, 5.41) is 7.04. The third-order valence-electron chi connectivity index (χ3n) is 5.24. The number of rotatable bonds is 9. The van der Waals surface area contributed by atoms with E-state index in [-0.39, 0.29) is 42.9 Å². The number of nitrogens with zero attached hydrogens (tertiary/aromatic N) is 4. The molecule has 182 valence electrons. The molecule has 0 bridgehead atoms. The van der Waals surface area contributed by atoms with E-state index in [1.807, 2.05) is 0 Å². The van der Waals surface area contributed by atoms with Gasteiger partial charge in [-0.1, -0.05) is 0 Å². The van der Waals surface area contributed by atoms with Gasteiger partial charge in [0.25, 0.3) is 6.43 Å². The largest absolute Gasteiger partial charge is 0.383 e. The molecule has 0 spiro atoms. The Balaban J connectivity index is 2.22. The second-order valence-electron chi connectivity index (χ2n) is 7.74. The summed E-state index contributed by atoms with van der Waals surface area (Å²) in [7, 11) is -3.07. The first-order valence-corrected chi connectivity index (χ1v) is 11.4. The van der Waals surface area contributed by atoms with Crippen molar-refractivity contribution in [2.75, 3.05) is 20.4 Å². The maximum Gasteiger partial charge on any atom is 0.334 e.